The molecule has 3 heteroatoms. The minimum atomic E-state index is 0.273. The zero-order chi connectivity index (χ0) is 14.2. The lowest BCUT2D eigenvalue weighted by Gasteiger charge is -2.31. The number of carbonyl (C=O) groups excluding carboxylic acids is 1. The Balaban J connectivity index is 1.75. The van der Waals surface area contributed by atoms with Gasteiger partial charge in [-0.3, -0.25) is 4.79 Å². The summed E-state index contributed by atoms with van der Waals surface area (Å²) in [7, 11) is 0. The number of nitrogens with one attached hydrogen (secondary N) is 1. The van der Waals surface area contributed by atoms with Crippen LogP contribution in [0.4, 0.5) is 0 Å². The van der Waals surface area contributed by atoms with E-state index in [2.05, 4.69) is 5.32 Å². The van der Waals surface area contributed by atoms with Crippen molar-refractivity contribution in [1.29, 1.82) is 0 Å². The molecule has 2 rings (SSSR count). The molecule has 0 aromatic heterocycles. The second-order valence-electron chi connectivity index (χ2n) is 6.83. The second kappa shape index (κ2) is 8.66. The number of amides is 1. The van der Waals surface area contributed by atoms with Gasteiger partial charge in [0.2, 0.25) is 5.91 Å². The molecule has 116 valence electrons. The Bertz CT molecular complexity index is 285. The molecule has 0 radical (unpaired) electrons. The van der Waals surface area contributed by atoms with E-state index >= 15 is 0 Å². The Morgan fingerprint density at radius 2 is 1.40 bits per heavy atom. The fraction of sp³-hybridized carbons (Fsp3) is 0.941. The van der Waals surface area contributed by atoms with Gasteiger partial charge in [0.15, 0.2) is 0 Å². The van der Waals surface area contributed by atoms with Crippen molar-refractivity contribution >= 4 is 5.91 Å². The lowest BCUT2D eigenvalue weighted by atomic mass is 9.79. The van der Waals surface area contributed by atoms with E-state index in [1.54, 1.807) is 0 Å². The van der Waals surface area contributed by atoms with Crippen molar-refractivity contribution in [3.8, 4) is 0 Å². The van der Waals surface area contributed by atoms with Crippen molar-refractivity contribution in [2.24, 2.45) is 23.5 Å². The highest BCUT2D eigenvalue weighted by molar-refractivity contribution is 5.78. The molecule has 2 fully saturated rings. The van der Waals surface area contributed by atoms with Gasteiger partial charge >= 0.3 is 0 Å². The maximum atomic E-state index is 12.4. The van der Waals surface area contributed by atoms with E-state index in [0.717, 1.165) is 25.9 Å². The summed E-state index contributed by atoms with van der Waals surface area (Å²) < 4.78 is 0. The van der Waals surface area contributed by atoms with E-state index in [4.69, 9.17) is 5.73 Å². The van der Waals surface area contributed by atoms with Crippen LogP contribution < -0.4 is 11.1 Å². The first-order valence-corrected chi connectivity index (χ1v) is 8.79. The molecule has 0 aromatic carbocycles. The minimum Gasteiger partial charge on any atom is -0.356 e. The van der Waals surface area contributed by atoms with Crippen LogP contribution in [0.3, 0.4) is 0 Å². The van der Waals surface area contributed by atoms with E-state index < -0.39 is 0 Å². The van der Waals surface area contributed by atoms with Crippen LogP contribution in [0.15, 0.2) is 0 Å². The molecular formula is C17H32N2O. The van der Waals surface area contributed by atoms with Crippen LogP contribution in [0, 0.1) is 17.8 Å². The van der Waals surface area contributed by atoms with E-state index in [0.29, 0.717) is 17.7 Å². The molecule has 3 nitrogen and oxygen atoms in total. The van der Waals surface area contributed by atoms with Gasteiger partial charge in [0.1, 0.15) is 0 Å². The fourth-order valence-corrected chi connectivity index (χ4v) is 3.96. The SMILES string of the molecule is NCC1CCCCC1CNC(=O)C1CCCCCCC1. The first-order chi connectivity index (χ1) is 9.81. The zero-order valence-electron chi connectivity index (χ0n) is 12.9. The average molecular weight is 280 g/mol. The lowest BCUT2D eigenvalue weighted by molar-refractivity contribution is -0.125. The molecule has 3 N–H and O–H groups in total. The topological polar surface area (TPSA) is 55.1 Å². The van der Waals surface area contributed by atoms with Crippen molar-refractivity contribution in [1.82, 2.24) is 5.32 Å². The van der Waals surface area contributed by atoms with Gasteiger partial charge < -0.3 is 11.1 Å². The molecule has 2 atom stereocenters. The third kappa shape index (κ3) is 4.76. The summed E-state index contributed by atoms with van der Waals surface area (Å²) >= 11 is 0. The largest absolute Gasteiger partial charge is 0.356 e. The first kappa shape index (κ1) is 15.8. The number of carbonyl (C=O) groups is 1. The molecule has 20 heavy (non-hydrogen) atoms. The molecule has 2 saturated carbocycles. The Morgan fingerprint density at radius 1 is 0.850 bits per heavy atom. The van der Waals surface area contributed by atoms with Crippen molar-refractivity contribution in [3.63, 3.8) is 0 Å². The molecule has 0 saturated heterocycles. The standard InChI is InChI=1S/C17H32N2O/c18-12-15-10-6-7-11-16(15)13-19-17(20)14-8-4-2-1-3-5-9-14/h14-16H,1-13,18H2,(H,19,20). The van der Waals surface area contributed by atoms with Crippen LogP contribution >= 0.6 is 0 Å². The lowest BCUT2D eigenvalue weighted by Crippen LogP contribution is -2.39. The number of hydrogen-bond donors (Lipinski definition) is 2. The van der Waals surface area contributed by atoms with Crippen molar-refractivity contribution < 1.29 is 4.79 Å². The van der Waals surface area contributed by atoms with Gasteiger partial charge in [-0.1, -0.05) is 44.9 Å². The van der Waals surface area contributed by atoms with E-state index in [9.17, 15) is 4.79 Å². The predicted octanol–water partition coefficient (Wildman–Crippen LogP) is 3.23. The van der Waals surface area contributed by atoms with Crippen LogP contribution in [-0.4, -0.2) is 19.0 Å². The molecule has 0 spiro atoms. The summed E-state index contributed by atoms with van der Waals surface area (Å²) in [6.45, 7) is 1.64. The number of rotatable bonds is 4. The van der Waals surface area contributed by atoms with E-state index in [1.807, 2.05) is 0 Å². The summed E-state index contributed by atoms with van der Waals surface area (Å²) in [6, 6.07) is 0. The maximum Gasteiger partial charge on any atom is 0.223 e. The fourth-order valence-electron chi connectivity index (χ4n) is 3.96. The van der Waals surface area contributed by atoms with Crippen molar-refractivity contribution in [2.45, 2.75) is 70.6 Å². The highest BCUT2D eigenvalue weighted by Gasteiger charge is 2.25. The molecule has 2 aliphatic rings. The molecule has 0 aromatic rings. The Morgan fingerprint density at radius 3 is 2.05 bits per heavy atom. The van der Waals surface area contributed by atoms with Gasteiger partial charge in [-0.05, 0) is 44.1 Å². The summed E-state index contributed by atoms with van der Waals surface area (Å²) in [4.78, 5) is 12.4. The van der Waals surface area contributed by atoms with Gasteiger partial charge in [-0.25, -0.2) is 0 Å². The first-order valence-electron chi connectivity index (χ1n) is 8.79. The van der Waals surface area contributed by atoms with E-state index in [1.165, 1.54) is 57.8 Å². The van der Waals surface area contributed by atoms with Crippen LogP contribution in [0.1, 0.15) is 70.6 Å². The van der Waals surface area contributed by atoms with Crippen LogP contribution in [0.2, 0.25) is 0 Å². The summed E-state index contributed by atoms with van der Waals surface area (Å²) in [5.41, 5.74) is 5.87. The highest BCUT2D eigenvalue weighted by atomic mass is 16.1. The molecule has 0 bridgehead atoms. The monoisotopic (exact) mass is 280 g/mol. The summed E-state index contributed by atoms with van der Waals surface area (Å²) in [6.07, 6.45) is 13.7. The van der Waals surface area contributed by atoms with Gasteiger partial charge in [0.25, 0.3) is 0 Å². The third-order valence-electron chi connectivity index (χ3n) is 5.38. The molecule has 2 aliphatic carbocycles. The highest BCUT2D eigenvalue weighted by Crippen LogP contribution is 2.29. The predicted molar refractivity (Wildman–Crippen MR) is 83.3 cm³/mol. The zero-order valence-corrected chi connectivity index (χ0v) is 12.9. The Hall–Kier alpha value is -0.570. The van der Waals surface area contributed by atoms with Crippen molar-refractivity contribution in [3.05, 3.63) is 0 Å². The molecular weight excluding hydrogens is 248 g/mol. The number of nitrogens with two attached hydrogens (primary N) is 1. The summed E-state index contributed by atoms with van der Waals surface area (Å²) in [5.74, 6) is 1.83. The second-order valence-corrected chi connectivity index (χ2v) is 6.83. The van der Waals surface area contributed by atoms with Crippen molar-refractivity contribution in [2.75, 3.05) is 13.1 Å². The minimum absolute atomic E-state index is 0.273. The molecule has 2 unspecified atom stereocenters. The molecule has 0 aliphatic heterocycles. The third-order valence-corrected chi connectivity index (χ3v) is 5.38. The van der Waals surface area contributed by atoms with E-state index in [-0.39, 0.29) is 5.92 Å². The maximum absolute atomic E-state index is 12.4. The Kier molecular flexibility index (Phi) is 6.85. The smallest absolute Gasteiger partial charge is 0.223 e. The van der Waals surface area contributed by atoms with Gasteiger partial charge in [-0.15, -0.1) is 0 Å². The van der Waals surface area contributed by atoms with Crippen LogP contribution in [0.5, 0.6) is 0 Å². The Labute approximate surface area is 124 Å². The average Bonchev–Trinajstić information content (AvgIpc) is 2.44. The van der Waals surface area contributed by atoms with Gasteiger partial charge in [-0.2, -0.15) is 0 Å². The number of hydrogen-bond acceptors (Lipinski definition) is 2. The van der Waals surface area contributed by atoms with Gasteiger partial charge in [0.05, 0.1) is 0 Å². The van der Waals surface area contributed by atoms with Crippen LogP contribution in [-0.2, 0) is 4.79 Å². The summed E-state index contributed by atoms with van der Waals surface area (Å²) in [5, 5.41) is 3.24. The molecule has 0 heterocycles. The van der Waals surface area contributed by atoms with Gasteiger partial charge in [0, 0.05) is 12.5 Å². The quantitative estimate of drug-likeness (QED) is 0.830. The van der Waals surface area contributed by atoms with Crippen LogP contribution in [0.25, 0.3) is 0 Å². The molecule has 1 amide bonds. The normalized spacial score (nSPS) is 29.4.